The van der Waals surface area contributed by atoms with Crippen LogP contribution in [0.5, 0.6) is 0 Å². The van der Waals surface area contributed by atoms with Gasteiger partial charge in [0, 0.05) is 12.8 Å². The Morgan fingerprint density at radius 1 is 1.38 bits per heavy atom. The molecule has 110 valence electrons. The lowest BCUT2D eigenvalue weighted by atomic mass is 10.1. The number of esters is 1. The molecule has 1 aromatic carbocycles. The summed E-state index contributed by atoms with van der Waals surface area (Å²) in [7, 11) is 3.07. The highest BCUT2D eigenvalue weighted by atomic mass is 32.2. The van der Waals surface area contributed by atoms with E-state index in [0.29, 0.717) is 10.7 Å². The van der Waals surface area contributed by atoms with Gasteiger partial charge in [0.25, 0.3) is 5.91 Å². The van der Waals surface area contributed by atoms with Gasteiger partial charge in [-0.05, 0) is 29.9 Å². The highest BCUT2D eigenvalue weighted by Gasteiger charge is 2.48. The first-order valence-electron chi connectivity index (χ1n) is 6.44. The van der Waals surface area contributed by atoms with Crippen LogP contribution in [0.1, 0.15) is 21.3 Å². The summed E-state index contributed by atoms with van der Waals surface area (Å²) in [5.41, 5.74) is 1.54. The van der Waals surface area contributed by atoms with Gasteiger partial charge in [-0.25, -0.2) is 4.79 Å². The molecule has 2 heterocycles. The normalized spacial score (nSPS) is 24.5. The maximum atomic E-state index is 12.1. The number of fused-ring (bicyclic) bond motifs is 1. The Labute approximate surface area is 132 Å². The number of amides is 1. The highest BCUT2D eigenvalue weighted by Crippen LogP contribution is 2.44. The van der Waals surface area contributed by atoms with Crippen molar-refractivity contribution >= 4 is 41.0 Å². The quantitative estimate of drug-likeness (QED) is 0.609. The third-order valence-corrected chi connectivity index (χ3v) is 5.55. The van der Waals surface area contributed by atoms with Crippen LogP contribution in [-0.2, 0) is 9.53 Å². The van der Waals surface area contributed by atoms with E-state index >= 15 is 0 Å². The first-order chi connectivity index (χ1) is 10.0. The Morgan fingerprint density at radius 2 is 2.05 bits per heavy atom. The van der Waals surface area contributed by atoms with E-state index in [0.717, 1.165) is 11.3 Å². The minimum absolute atomic E-state index is 0.0168. The van der Waals surface area contributed by atoms with Crippen LogP contribution in [0.3, 0.4) is 0 Å². The number of hydrogen-bond donors (Lipinski definition) is 0. The number of methoxy groups -OCH3 is 1. The first-order valence-corrected chi connectivity index (χ1v) is 7.90. The second kappa shape index (κ2) is 5.31. The van der Waals surface area contributed by atoms with E-state index in [9.17, 15) is 9.59 Å². The van der Waals surface area contributed by atoms with Gasteiger partial charge in [0.05, 0.1) is 12.7 Å². The largest absolute Gasteiger partial charge is 0.465 e. The molecule has 2 aliphatic rings. The molecule has 2 atom stereocenters. The fourth-order valence-corrected chi connectivity index (χ4v) is 4.39. The van der Waals surface area contributed by atoms with Gasteiger partial charge in [-0.1, -0.05) is 12.1 Å². The van der Waals surface area contributed by atoms with Crippen molar-refractivity contribution in [3.05, 3.63) is 35.4 Å². The van der Waals surface area contributed by atoms with Gasteiger partial charge < -0.3 is 9.64 Å². The smallest absolute Gasteiger partial charge is 0.337 e. The Kier molecular flexibility index (Phi) is 3.62. The van der Waals surface area contributed by atoms with Gasteiger partial charge in [0.1, 0.15) is 11.4 Å². The predicted molar refractivity (Wildman–Crippen MR) is 84.0 cm³/mol. The standard InChI is InChI=1S/C14H14N2O3S2/c1-15-11(17)10-7-21-12(16(10)14(15)20)8-3-5-9(6-4-8)13(18)19-2/h3-6,10,12H,7H2,1-2H3/t10-,12?/m1/s1. The van der Waals surface area contributed by atoms with Crippen LogP contribution in [0.4, 0.5) is 0 Å². The molecule has 0 spiro atoms. The van der Waals surface area contributed by atoms with E-state index in [1.54, 1.807) is 30.9 Å². The number of carbonyl (C=O) groups excluding carboxylic acids is 2. The van der Waals surface area contributed by atoms with Gasteiger partial charge in [0.2, 0.25) is 0 Å². The van der Waals surface area contributed by atoms with Crippen LogP contribution in [-0.4, -0.2) is 52.7 Å². The molecular formula is C14H14N2O3S2. The molecule has 1 amide bonds. The molecule has 0 aromatic heterocycles. The average molecular weight is 322 g/mol. The van der Waals surface area contributed by atoms with Crippen LogP contribution >= 0.6 is 24.0 Å². The molecule has 7 heteroatoms. The summed E-state index contributed by atoms with van der Waals surface area (Å²) in [5, 5.41) is 0.583. The number of ether oxygens (including phenoxy) is 1. The average Bonchev–Trinajstić information content (AvgIpc) is 3.04. The van der Waals surface area contributed by atoms with Crippen molar-refractivity contribution in [3.63, 3.8) is 0 Å². The molecule has 1 unspecified atom stereocenters. The number of likely N-dealkylation sites (N-methyl/N-ethyl adjacent to an activating group) is 1. The molecule has 0 radical (unpaired) electrons. The number of benzene rings is 1. The molecular weight excluding hydrogens is 308 g/mol. The van der Waals surface area contributed by atoms with Gasteiger partial charge in [0.15, 0.2) is 5.11 Å². The monoisotopic (exact) mass is 322 g/mol. The zero-order chi connectivity index (χ0) is 15.1. The number of hydrogen-bond acceptors (Lipinski definition) is 5. The van der Waals surface area contributed by atoms with Gasteiger partial charge >= 0.3 is 5.97 Å². The van der Waals surface area contributed by atoms with Crippen molar-refractivity contribution in [2.45, 2.75) is 11.4 Å². The molecule has 0 bridgehead atoms. The van der Waals surface area contributed by atoms with E-state index in [-0.39, 0.29) is 23.3 Å². The lowest BCUT2D eigenvalue weighted by Gasteiger charge is -2.24. The number of thioether (sulfide) groups is 1. The minimum Gasteiger partial charge on any atom is -0.465 e. The second-order valence-corrected chi connectivity index (χ2v) is 6.38. The predicted octanol–water partition coefficient (Wildman–Crippen LogP) is 1.65. The Bertz CT molecular complexity index is 617. The van der Waals surface area contributed by atoms with Gasteiger partial charge in [-0.2, -0.15) is 0 Å². The van der Waals surface area contributed by atoms with Crippen molar-refractivity contribution in [3.8, 4) is 0 Å². The van der Waals surface area contributed by atoms with Crippen molar-refractivity contribution in [2.75, 3.05) is 19.9 Å². The van der Waals surface area contributed by atoms with Crippen molar-refractivity contribution in [1.29, 1.82) is 0 Å². The fourth-order valence-electron chi connectivity index (χ4n) is 2.58. The third-order valence-electron chi connectivity index (χ3n) is 3.74. The summed E-state index contributed by atoms with van der Waals surface area (Å²) in [6, 6.07) is 7.08. The summed E-state index contributed by atoms with van der Waals surface area (Å²) in [6.07, 6.45) is 0. The second-order valence-electron chi connectivity index (χ2n) is 4.90. The molecule has 2 saturated heterocycles. The van der Waals surface area contributed by atoms with E-state index in [1.165, 1.54) is 12.0 Å². The molecule has 2 fully saturated rings. The van der Waals surface area contributed by atoms with Crippen molar-refractivity contribution < 1.29 is 14.3 Å². The molecule has 3 rings (SSSR count). The van der Waals surface area contributed by atoms with Crippen LogP contribution in [0, 0.1) is 0 Å². The number of thiocarbonyl (C=S) groups is 1. The van der Waals surface area contributed by atoms with Crippen LogP contribution in [0.2, 0.25) is 0 Å². The maximum absolute atomic E-state index is 12.1. The van der Waals surface area contributed by atoms with Crippen LogP contribution in [0.25, 0.3) is 0 Å². The summed E-state index contributed by atoms with van der Waals surface area (Å²) in [5.74, 6) is 0.429. The lowest BCUT2D eigenvalue weighted by molar-refractivity contribution is -0.126. The maximum Gasteiger partial charge on any atom is 0.337 e. The zero-order valence-corrected chi connectivity index (χ0v) is 13.2. The molecule has 5 nitrogen and oxygen atoms in total. The fraction of sp³-hybridized carbons (Fsp3) is 0.357. The lowest BCUT2D eigenvalue weighted by Crippen LogP contribution is -2.32. The summed E-state index contributed by atoms with van der Waals surface area (Å²) in [6.45, 7) is 0. The third kappa shape index (κ3) is 2.20. The number of nitrogens with zero attached hydrogens (tertiary/aromatic N) is 2. The van der Waals surface area contributed by atoms with Crippen molar-refractivity contribution in [2.24, 2.45) is 0 Å². The summed E-state index contributed by atoms with van der Waals surface area (Å²) >= 11 is 7.06. The minimum atomic E-state index is -0.356. The number of carbonyl (C=O) groups is 2. The Balaban J connectivity index is 1.86. The molecule has 0 aliphatic carbocycles. The summed E-state index contributed by atoms with van der Waals surface area (Å²) in [4.78, 5) is 27.1. The molecule has 1 aromatic rings. The van der Waals surface area contributed by atoms with Crippen LogP contribution < -0.4 is 0 Å². The zero-order valence-electron chi connectivity index (χ0n) is 11.6. The van der Waals surface area contributed by atoms with E-state index in [4.69, 9.17) is 12.2 Å². The first kappa shape index (κ1) is 14.3. The van der Waals surface area contributed by atoms with E-state index in [2.05, 4.69) is 4.74 Å². The van der Waals surface area contributed by atoms with E-state index < -0.39 is 0 Å². The SMILES string of the molecule is COC(=O)c1ccc(C2SC[C@@H]3C(=O)N(C)C(=S)N23)cc1. The van der Waals surface area contributed by atoms with E-state index in [1.807, 2.05) is 17.0 Å². The molecule has 0 saturated carbocycles. The number of rotatable bonds is 2. The molecule has 21 heavy (non-hydrogen) atoms. The Hall–Kier alpha value is -1.60. The molecule has 0 N–H and O–H groups in total. The Morgan fingerprint density at radius 3 is 2.67 bits per heavy atom. The summed E-state index contributed by atoms with van der Waals surface area (Å²) < 4.78 is 4.69. The van der Waals surface area contributed by atoms with Crippen LogP contribution in [0.15, 0.2) is 24.3 Å². The van der Waals surface area contributed by atoms with Gasteiger partial charge in [-0.3, -0.25) is 9.69 Å². The van der Waals surface area contributed by atoms with Gasteiger partial charge in [-0.15, -0.1) is 11.8 Å². The topological polar surface area (TPSA) is 49.9 Å². The molecule has 2 aliphatic heterocycles. The highest BCUT2D eigenvalue weighted by molar-refractivity contribution is 7.99. The van der Waals surface area contributed by atoms with Crippen molar-refractivity contribution in [1.82, 2.24) is 9.80 Å².